The van der Waals surface area contributed by atoms with Gasteiger partial charge in [0.05, 0.1) is 38.4 Å². The molecule has 0 unspecified atom stereocenters. The average Bonchev–Trinajstić information content (AvgIpc) is 3.63. The van der Waals surface area contributed by atoms with Crippen molar-refractivity contribution in [2.45, 2.75) is 19.9 Å². The molecule has 0 aliphatic heterocycles. The van der Waals surface area contributed by atoms with Gasteiger partial charge in [0.1, 0.15) is 17.3 Å². The molecule has 230 valence electrons. The summed E-state index contributed by atoms with van der Waals surface area (Å²) in [4.78, 5) is 35.7. The Bertz CT molecular complexity index is 1800. The predicted molar refractivity (Wildman–Crippen MR) is 161 cm³/mol. The zero-order chi connectivity index (χ0) is 32.1. The molecule has 45 heavy (non-hydrogen) atoms. The number of benzene rings is 3. The summed E-state index contributed by atoms with van der Waals surface area (Å²) in [7, 11) is 2.77. The Morgan fingerprint density at radius 2 is 1.69 bits per heavy atom. The van der Waals surface area contributed by atoms with Crippen molar-refractivity contribution in [2.24, 2.45) is 0 Å². The van der Waals surface area contributed by atoms with Crippen LogP contribution in [0.4, 0.5) is 14.9 Å². The van der Waals surface area contributed by atoms with Gasteiger partial charge in [0.2, 0.25) is 11.7 Å². The summed E-state index contributed by atoms with van der Waals surface area (Å²) in [5.74, 6) is 0.224. The van der Waals surface area contributed by atoms with Gasteiger partial charge >= 0.3 is 6.16 Å². The van der Waals surface area contributed by atoms with Crippen LogP contribution in [0, 0.1) is 15.9 Å². The van der Waals surface area contributed by atoms with Gasteiger partial charge in [-0.25, -0.2) is 9.18 Å². The first kappa shape index (κ1) is 30.5. The SMILES string of the molecule is COc1cc(/C=C2/C(C)=C(CC(=O)NCc3ccco3)c3cc(F)ccc32)cc(OC)c1OC(=O)Oc1ccc([N+](=O)[O-])cc1. The van der Waals surface area contributed by atoms with Crippen molar-refractivity contribution in [3.05, 3.63) is 117 Å². The summed E-state index contributed by atoms with van der Waals surface area (Å²) < 4.78 is 41.2. The maximum atomic E-state index is 14.4. The molecule has 0 atom stereocenters. The predicted octanol–water partition coefficient (Wildman–Crippen LogP) is 6.96. The molecule has 1 amide bonds. The summed E-state index contributed by atoms with van der Waals surface area (Å²) in [6.45, 7) is 2.09. The first-order valence-corrected chi connectivity index (χ1v) is 13.6. The molecule has 0 radical (unpaired) electrons. The minimum Gasteiger partial charge on any atom is -0.493 e. The number of allylic oxidation sites excluding steroid dienone is 2. The molecule has 1 heterocycles. The molecule has 12 heteroatoms. The van der Waals surface area contributed by atoms with Gasteiger partial charge in [-0.2, -0.15) is 0 Å². The van der Waals surface area contributed by atoms with E-state index in [4.69, 9.17) is 23.4 Å². The Balaban J connectivity index is 1.41. The van der Waals surface area contributed by atoms with Crippen LogP contribution in [-0.2, 0) is 11.3 Å². The summed E-state index contributed by atoms with van der Waals surface area (Å²) in [6, 6.07) is 16.1. The van der Waals surface area contributed by atoms with E-state index in [1.807, 2.05) is 13.0 Å². The van der Waals surface area contributed by atoms with Crippen molar-refractivity contribution >= 4 is 35.0 Å². The lowest BCUT2D eigenvalue weighted by molar-refractivity contribution is -0.384. The summed E-state index contributed by atoms with van der Waals surface area (Å²) in [5, 5.41) is 13.7. The summed E-state index contributed by atoms with van der Waals surface area (Å²) >= 11 is 0. The van der Waals surface area contributed by atoms with Gasteiger partial charge in [-0.05, 0) is 94.9 Å². The second-order valence-corrected chi connectivity index (χ2v) is 9.84. The molecule has 0 spiro atoms. The number of non-ortho nitro benzene ring substituents is 1. The lowest BCUT2D eigenvalue weighted by Gasteiger charge is -2.14. The molecule has 1 aromatic heterocycles. The van der Waals surface area contributed by atoms with E-state index in [9.17, 15) is 24.1 Å². The molecule has 3 aromatic carbocycles. The van der Waals surface area contributed by atoms with Crippen LogP contribution in [0.1, 0.15) is 35.8 Å². The van der Waals surface area contributed by atoms with Gasteiger partial charge < -0.3 is 28.7 Å². The van der Waals surface area contributed by atoms with Crippen molar-refractivity contribution in [3.63, 3.8) is 0 Å². The van der Waals surface area contributed by atoms with E-state index in [0.29, 0.717) is 22.5 Å². The number of methoxy groups -OCH3 is 2. The average molecular weight is 615 g/mol. The van der Waals surface area contributed by atoms with Gasteiger partial charge in [-0.15, -0.1) is 0 Å². The van der Waals surface area contributed by atoms with Gasteiger partial charge in [-0.1, -0.05) is 6.07 Å². The number of nitro benzene ring substituents is 1. The number of carbonyl (C=O) groups excluding carboxylic acids is 2. The van der Waals surface area contributed by atoms with Crippen LogP contribution in [0.2, 0.25) is 0 Å². The van der Waals surface area contributed by atoms with E-state index in [1.54, 1.807) is 30.3 Å². The Kier molecular flexibility index (Phi) is 8.94. The van der Waals surface area contributed by atoms with Crippen molar-refractivity contribution in [2.75, 3.05) is 14.2 Å². The maximum absolute atomic E-state index is 14.4. The monoisotopic (exact) mass is 614 g/mol. The van der Waals surface area contributed by atoms with Crippen molar-refractivity contribution in [3.8, 4) is 23.0 Å². The highest BCUT2D eigenvalue weighted by atomic mass is 19.1. The lowest BCUT2D eigenvalue weighted by Crippen LogP contribution is -2.22. The number of hydrogen-bond acceptors (Lipinski definition) is 9. The number of halogens is 1. The van der Waals surface area contributed by atoms with Gasteiger partial charge in [-0.3, -0.25) is 14.9 Å². The fourth-order valence-electron chi connectivity index (χ4n) is 4.89. The fourth-order valence-corrected chi connectivity index (χ4v) is 4.89. The molecule has 1 N–H and O–H groups in total. The maximum Gasteiger partial charge on any atom is 0.519 e. The third kappa shape index (κ3) is 6.85. The van der Waals surface area contributed by atoms with Crippen LogP contribution in [0.3, 0.4) is 0 Å². The Labute approximate surface area is 256 Å². The standard InChI is InChI=1S/C33H27FN2O9/c1-19-26(25-11-6-21(34)16-28(25)27(19)17-31(37)35-18-24-5-4-12-43-24)13-20-14-29(41-2)32(30(15-20)42-3)45-33(38)44-23-9-7-22(8-10-23)36(39)40/h4-16H,17-18H2,1-3H3,(H,35,37)/b26-13-. The van der Waals surface area contributed by atoms with Crippen LogP contribution in [0.15, 0.2) is 83.0 Å². The number of nitro groups is 1. The Morgan fingerprint density at radius 3 is 2.31 bits per heavy atom. The molecule has 5 rings (SSSR count). The van der Waals surface area contributed by atoms with E-state index in [0.717, 1.165) is 16.7 Å². The van der Waals surface area contributed by atoms with E-state index in [-0.39, 0.29) is 47.6 Å². The number of carbonyl (C=O) groups is 2. The second-order valence-electron chi connectivity index (χ2n) is 9.84. The highest BCUT2D eigenvalue weighted by molar-refractivity contribution is 6.08. The smallest absolute Gasteiger partial charge is 0.493 e. The molecule has 1 aliphatic rings. The van der Waals surface area contributed by atoms with Gasteiger partial charge in [0, 0.05) is 12.1 Å². The van der Waals surface area contributed by atoms with Crippen LogP contribution >= 0.6 is 0 Å². The minimum absolute atomic E-state index is 0.0244. The van der Waals surface area contributed by atoms with Crippen LogP contribution in [0.25, 0.3) is 17.2 Å². The first-order chi connectivity index (χ1) is 21.7. The lowest BCUT2D eigenvalue weighted by atomic mass is 10.00. The fraction of sp³-hybridized carbons (Fsp3) is 0.152. The normalized spacial score (nSPS) is 12.9. The molecule has 0 saturated heterocycles. The number of furan rings is 1. The third-order valence-electron chi connectivity index (χ3n) is 7.06. The van der Waals surface area contributed by atoms with Gasteiger partial charge in [0.15, 0.2) is 11.5 Å². The molecular weight excluding hydrogens is 587 g/mol. The summed E-state index contributed by atoms with van der Waals surface area (Å²) in [5.41, 5.74) is 4.02. The number of ether oxygens (including phenoxy) is 4. The minimum atomic E-state index is -1.12. The van der Waals surface area contributed by atoms with E-state index in [2.05, 4.69) is 5.32 Å². The quantitative estimate of drug-likeness (QED) is 0.0869. The molecule has 11 nitrogen and oxygen atoms in total. The van der Waals surface area contributed by atoms with Crippen LogP contribution < -0.4 is 24.3 Å². The molecule has 0 bridgehead atoms. The number of nitrogens with one attached hydrogen (secondary N) is 1. The van der Waals surface area contributed by atoms with Crippen molar-refractivity contribution < 1.29 is 42.3 Å². The molecule has 4 aromatic rings. The second kappa shape index (κ2) is 13.2. The zero-order valence-electron chi connectivity index (χ0n) is 24.4. The third-order valence-corrected chi connectivity index (χ3v) is 7.06. The number of hydrogen-bond donors (Lipinski definition) is 1. The summed E-state index contributed by atoms with van der Waals surface area (Å²) in [6.07, 6.45) is 2.27. The van der Waals surface area contributed by atoms with Crippen LogP contribution in [-0.4, -0.2) is 31.2 Å². The molecular formula is C33H27FN2O9. The van der Waals surface area contributed by atoms with Crippen LogP contribution in [0.5, 0.6) is 23.0 Å². The number of rotatable bonds is 10. The Morgan fingerprint density at radius 1 is 0.978 bits per heavy atom. The van der Waals surface area contributed by atoms with E-state index >= 15 is 0 Å². The van der Waals surface area contributed by atoms with Gasteiger partial charge in [0.25, 0.3) is 5.69 Å². The first-order valence-electron chi connectivity index (χ1n) is 13.6. The number of fused-ring (bicyclic) bond motifs is 1. The highest BCUT2D eigenvalue weighted by Crippen LogP contribution is 2.45. The molecule has 0 fully saturated rings. The van der Waals surface area contributed by atoms with E-state index in [1.165, 1.54) is 56.9 Å². The zero-order valence-corrected chi connectivity index (χ0v) is 24.4. The molecule has 0 saturated carbocycles. The molecule has 1 aliphatic carbocycles. The largest absolute Gasteiger partial charge is 0.519 e. The van der Waals surface area contributed by atoms with E-state index < -0.39 is 16.9 Å². The van der Waals surface area contributed by atoms with Crippen molar-refractivity contribution in [1.29, 1.82) is 0 Å². The number of amides is 1. The Hall–Kier alpha value is -5.91. The van der Waals surface area contributed by atoms with Crippen molar-refractivity contribution in [1.82, 2.24) is 5.32 Å². The highest BCUT2D eigenvalue weighted by Gasteiger charge is 2.27. The topological polar surface area (TPSA) is 139 Å². The number of nitrogens with zero attached hydrogens (tertiary/aromatic N) is 1.